The van der Waals surface area contributed by atoms with Crippen molar-refractivity contribution < 1.29 is 9.59 Å². The summed E-state index contributed by atoms with van der Waals surface area (Å²) in [6.07, 6.45) is 0.427. The Hall–Kier alpha value is -1.06. The molecule has 4 heteroatoms. The van der Waals surface area contributed by atoms with Crippen LogP contribution in [0.4, 0.5) is 0 Å². The molecule has 0 saturated carbocycles. The molecule has 1 atom stereocenters. The lowest BCUT2D eigenvalue weighted by molar-refractivity contribution is -0.140. The molecule has 1 fully saturated rings. The first-order chi connectivity index (χ1) is 6.02. The molecule has 0 aromatic heterocycles. The van der Waals surface area contributed by atoms with Gasteiger partial charge in [-0.3, -0.25) is 20.0 Å². The van der Waals surface area contributed by atoms with Crippen LogP contribution in [0.5, 0.6) is 0 Å². The van der Waals surface area contributed by atoms with Gasteiger partial charge in [0.05, 0.1) is 6.54 Å². The van der Waals surface area contributed by atoms with E-state index in [0.717, 1.165) is 0 Å². The predicted octanol–water partition coefficient (Wildman–Crippen LogP) is 0.542. The van der Waals surface area contributed by atoms with Crippen LogP contribution in [0.25, 0.3) is 0 Å². The molecule has 1 rings (SSSR count). The summed E-state index contributed by atoms with van der Waals surface area (Å²) in [5, 5.41) is 1.42. The van der Waals surface area contributed by atoms with Gasteiger partial charge in [-0.05, 0) is 5.92 Å². The maximum atomic E-state index is 11.6. The third kappa shape index (κ3) is 2.20. The fraction of sp³-hybridized carbons (Fsp3) is 0.778. The number of rotatable bonds is 2. The lowest BCUT2D eigenvalue weighted by Crippen LogP contribution is -2.42. The maximum absolute atomic E-state index is 11.6. The highest BCUT2D eigenvalue weighted by atomic mass is 16.2. The Balaban J connectivity index is 2.53. The fourth-order valence-corrected chi connectivity index (χ4v) is 1.17. The molecule has 2 amide bonds. The molecule has 1 unspecified atom stereocenters. The summed E-state index contributed by atoms with van der Waals surface area (Å²) >= 11 is 0. The van der Waals surface area contributed by atoms with Crippen molar-refractivity contribution in [1.82, 2.24) is 10.4 Å². The molecule has 0 aromatic carbocycles. The zero-order valence-electron chi connectivity index (χ0n) is 8.33. The first-order valence-electron chi connectivity index (χ1n) is 4.63. The number of nitrogens with one attached hydrogen (secondary N) is 1. The highest BCUT2D eigenvalue weighted by molar-refractivity contribution is 5.86. The second-order valence-corrected chi connectivity index (χ2v) is 3.81. The van der Waals surface area contributed by atoms with E-state index < -0.39 is 0 Å². The Labute approximate surface area is 78.3 Å². The van der Waals surface area contributed by atoms with Crippen molar-refractivity contribution in [2.24, 2.45) is 11.8 Å². The molecule has 0 aliphatic carbocycles. The standard InChI is InChI=1S/C9H16N2O2/c1-6(2)7(3)9(13)11-5-4-8(12)10-11/h6-7H,4-5H2,1-3H3,(H,10,12). The molecular weight excluding hydrogens is 168 g/mol. The van der Waals surface area contributed by atoms with Crippen LogP contribution in [0.1, 0.15) is 27.2 Å². The molecule has 1 saturated heterocycles. The van der Waals surface area contributed by atoms with E-state index in [1.807, 2.05) is 20.8 Å². The second-order valence-electron chi connectivity index (χ2n) is 3.81. The molecule has 1 heterocycles. The number of hydrogen-bond acceptors (Lipinski definition) is 2. The lowest BCUT2D eigenvalue weighted by Gasteiger charge is -2.21. The summed E-state index contributed by atoms with van der Waals surface area (Å²) in [5.41, 5.74) is 2.53. The second kappa shape index (κ2) is 3.77. The molecule has 4 nitrogen and oxygen atoms in total. The summed E-state index contributed by atoms with van der Waals surface area (Å²) < 4.78 is 0. The van der Waals surface area contributed by atoms with E-state index >= 15 is 0 Å². The molecule has 0 bridgehead atoms. The molecule has 74 valence electrons. The summed E-state index contributed by atoms with van der Waals surface area (Å²) in [4.78, 5) is 22.5. The van der Waals surface area contributed by atoms with Crippen LogP contribution >= 0.6 is 0 Å². The molecule has 0 radical (unpaired) electrons. The molecule has 0 aromatic rings. The number of carbonyl (C=O) groups is 2. The number of hydrazine groups is 1. The Morgan fingerprint density at radius 3 is 2.46 bits per heavy atom. The SMILES string of the molecule is CC(C)C(C)C(=O)N1CCC(=O)N1. The molecule has 13 heavy (non-hydrogen) atoms. The van der Waals surface area contributed by atoms with E-state index in [0.29, 0.717) is 18.9 Å². The Kier molecular flexibility index (Phi) is 2.90. The van der Waals surface area contributed by atoms with Gasteiger partial charge in [-0.25, -0.2) is 0 Å². The van der Waals surface area contributed by atoms with E-state index in [9.17, 15) is 9.59 Å². The average Bonchev–Trinajstić information content (AvgIpc) is 2.49. The van der Waals surface area contributed by atoms with E-state index in [-0.39, 0.29) is 17.7 Å². The van der Waals surface area contributed by atoms with E-state index in [2.05, 4.69) is 5.43 Å². The quantitative estimate of drug-likeness (QED) is 0.681. The van der Waals surface area contributed by atoms with E-state index in [1.54, 1.807) is 0 Å². The molecule has 1 aliphatic rings. The summed E-state index contributed by atoms with van der Waals surface area (Å²) in [6.45, 7) is 6.40. The van der Waals surface area contributed by atoms with Crippen molar-refractivity contribution in [2.75, 3.05) is 6.54 Å². The number of amides is 2. The monoisotopic (exact) mass is 184 g/mol. The topological polar surface area (TPSA) is 49.4 Å². The van der Waals surface area contributed by atoms with Crippen molar-refractivity contribution in [3.8, 4) is 0 Å². The van der Waals surface area contributed by atoms with Crippen molar-refractivity contribution >= 4 is 11.8 Å². The summed E-state index contributed by atoms with van der Waals surface area (Å²) in [5.74, 6) is 0.230. The zero-order chi connectivity index (χ0) is 10.0. The van der Waals surface area contributed by atoms with Crippen molar-refractivity contribution in [1.29, 1.82) is 0 Å². The minimum Gasteiger partial charge on any atom is -0.273 e. The number of carbonyl (C=O) groups excluding carboxylic acids is 2. The molecule has 1 aliphatic heterocycles. The van der Waals surface area contributed by atoms with Gasteiger partial charge in [-0.2, -0.15) is 0 Å². The van der Waals surface area contributed by atoms with Crippen LogP contribution in [0.2, 0.25) is 0 Å². The van der Waals surface area contributed by atoms with Crippen molar-refractivity contribution in [3.63, 3.8) is 0 Å². The fourth-order valence-electron chi connectivity index (χ4n) is 1.17. The van der Waals surface area contributed by atoms with Crippen LogP contribution in [0.15, 0.2) is 0 Å². The van der Waals surface area contributed by atoms with Crippen LogP contribution in [-0.2, 0) is 9.59 Å². The maximum Gasteiger partial charge on any atom is 0.244 e. The van der Waals surface area contributed by atoms with Gasteiger partial charge in [0.15, 0.2) is 0 Å². The Morgan fingerprint density at radius 1 is 1.46 bits per heavy atom. The smallest absolute Gasteiger partial charge is 0.244 e. The molecule has 0 spiro atoms. The van der Waals surface area contributed by atoms with Gasteiger partial charge in [0.2, 0.25) is 11.8 Å². The van der Waals surface area contributed by atoms with Crippen molar-refractivity contribution in [2.45, 2.75) is 27.2 Å². The number of nitrogens with zero attached hydrogens (tertiary/aromatic N) is 1. The Morgan fingerprint density at radius 2 is 2.08 bits per heavy atom. The third-order valence-corrected chi connectivity index (χ3v) is 2.48. The number of hydrogen-bond donors (Lipinski definition) is 1. The van der Waals surface area contributed by atoms with E-state index in [1.165, 1.54) is 5.01 Å². The zero-order valence-corrected chi connectivity index (χ0v) is 8.33. The lowest BCUT2D eigenvalue weighted by atomic mass is 9.97. The molecule has 1 N–H and O–H groups in total. The summed E-state index contributed by atoms with van der Waals surface area (Å²) in [7, 11) is 0. The minimum absolute atomic E-state index is 0.0147. The van der Waals surface area contributed by atoms with E-state index in [4.69, 9.17) is 0 Å². The predicted molar refractivity (Wildman–Crippen MR) is 48.5 cm³/mol. The van der Waals surface area contributed by atoms with Gasteiger partial charge in [0, 0.05) is 12.3 Å². The van der Waals surface area contributed by atoms with Crippen molar-refractivity contribution in [3.05, 3.63) is 0 Å². The molecular formula is C9H16N2O2. The average molecular weight is 184 g/mol. The van der Waals surface area contributed by atoms with Crippen LogP contribution in [0, 0.1) is 11.8 Å². The Bertz CT molecular complexity index is 226. The van der Waals surface area contributed by atoms with Gasteiger partial charge in [-0.15, -0.1) is 0 Å². The third-order valence-electron chi connectivity index (χ3n) is 2.48. The van der Waals surface area contributed by atoms with Gasteiger partial charge in [0.25, 0.3) is 0 Å². The van der Waals surface area contributed by atoms with Crippen LogP contribution in [0.3, 0.4) is 0 Å². The largest absolute Gasteiger partial charge is 0.273 e. The van der Waals surface area contributed by atoms with Crippen LogP contribution in [-0.4, -0.2) is 23.4 Å². The minimum atomic E-state index is -0.0655. The summed E-state index contributed by atoms with van der Waals surface area (Å²) in [6, 6.07) is 0. The van der Waals surface area contributed by atoms with Gasteiger partial charge in [0.1, 0.15) is 0 Å². The first kappa shape index (κ1) is 10.0. The van der Waals surface area contributed by atoms with Crippen LogP contribution < -0.4 is 5.43 Å². The van der Waals surface area contributed by atoms with Gasteiger partial charge in [-0.1, -0.05) is 20.8 Å². The van der Waals surface area contributed by atoms with Gasteiger partial charge >= 0.3 is 0 Å². The van der Waals surface area contributed by atoms with Gasteiger partial charge < -0.3 is 0 Å². The first-order valence-corrected chi connectivity index (χ1v) is 4.63. The normalized spacial score (nSPS) is 19.1. The highest BCUT2D eigenvalue weighted by Crippen LogP contribution is 2.14. The highest BCUT2D eigenvalue weighted by Gasteiger charge is 2.28.